The van der Waals surface area contributed by atoms with E-state index in [0.717, 1.165) is 30.4 Å². The lowest BCUT2D eigenvalue weighted by Crippen LogP contribution is -2.36. The summed E-state index contributed by atoms with van der Waals surface area (Å²) in [5, 5.41) is 5.72. The fraction of sp³-hybridized carbons (Fsp3) is 0.515. The van der Waals surface area contributed by atoms with E-state index in [1.54, 1.807) is 12.1 Å². The first-order valence-corrected chi connectivity index (χ1v) is 16.1. The summed E-state index contributed by atoms with van der Waals surface area (Å²) in [7, 11) is -4.15. The van der Waals surface area contributed by atoms with E-state index in [0.29, 0.717) is 36.3 Å². The second-order valence-corrected chi connectivity index (χ2v) is 14.4. The fourth-order valence-electron chi connectivity index (χ4n) is 5.62. The molecule has 2 amide bonds. The standard InChI is InChI=1S/C33H46N2O5S/c1-22-17-23(2)19-28(18-22)24(3)21-35-32(37)30(26-11-13-29(14-12-26)33(4,5)6)20-25-7-9-27(10-8-25)31(36)34-15-16-41(38,39)40/h7-14,23-24,28,30H,1,15-21H2,2-6H3,(H,34,36)(H,35,37)(H,38,39,40). The van der Waals surface area contributed by atoms with Crippen LogP contribution < -0.4 is 10.6 Å². The number of rotatable bonds is 11. The fourth-order valence-corrected chi connectivity index (χ4v) is 5.98. The van der Waals surface area contributed by atoms with Gasteiger partial charge in [0, 0.05) is 18.7 Å². The Morgan fingerprint density at radius 3 is 2.22 bits per heavy atom. The lowest BCUT2D eigenvalue weighted by Gasteiger charge is -2.33. The highest BCUT2D eigenvalue weighted by atomic mass is 32.2. The number of amides is 2. The molecule has 1 aliphatic rings. The molecule has 41 heavy (non-hydrogen) atoms. The molecule has 1 saturated carbocycles. The van der Waals surface area contributed by atoms with Crippen molar-refractivity contribution >= 4 is 21.9 Å². The zero-order chi connectivity index (χ0) is 30.4. The van der Waals surface area contributed by atoms with Crippen LogP contribution in [-0.2, 0) is 26.7 Å². The Morgan fingerprint density at radius 1 is 1.02 bits per heavy atom. The molecule has 4 unspecified atom stereocenters. The van der Waals surface area contributed by atoms with Crippen LogP contribution in [0.2, 0.25) is 0 Å². The number of carbonyl (C=O) groups excluding carboxylic acids is 2. The van der Waals surface area contributed by atoms with E-state index in [-0.39, 0.29) is 17.9 Å². The van der Waals surface area contributed by atoms with Gasteiger partial charge in [0.25, 0.3) is 16.0 Å². The molecule has 0 radical (unpaired) electrons. The van der Waals surface area contributed by atoms with Crippen molar-refractivity contribution in [2.24, 2.45) is 17.8 Å². The van der Waals surface area contributed by atoms with Gasteiger partial charge in [0.05, 0.1) is 11.7 Å². The maximum Gasteiger partial charge on any atom is 0.266 e. The summed E-state index contributed by atoms with van der Waals surface area (Å²) < 4.78 is 30.6. The second kappa shape index (κ2) is 13.8. The predicted octanol–water partition coefficient (Wildman–Crippen LogP) is 5.67. The first-order chi connectivity index (χ1) is 19.1. The van der Waals surface area contributed by atoms with E-state index in [9.17, 15) is 18.0 Å². The first-order valence-electron chi connectivity index (χ1n) is 14.5. The van der Waals surface area contributed by atoms with Crippen molar-refractivity contribution in [3.05, 3.63) is 82.9 Å². The lowest BCUT2D eigenvalue weighted by atomic mass is 9.74. The molecule has 0 bridgehead atoms. The van der Waals surface area contributed by atoms with Crippen molar-refractivity contribution in [1.29, 1.82) is 0 Å². The van der Waals surface area contributed by atoms with E-state index < -0.39 is 27.7 Å². The normalized spacial score (nSPS) is 19.3. The minimum Gasteiger partial charge on any atom is -0.355 e. The highest BCUT2D eigenvalue weighted by molar-refractivity contribution is 7.85. The average Bonchev–Trinajstić information content (AvgIpc) is 2.88. The van der Waals surface area contributed by atoms with E-state index in [4.69, 9.17) is 4.55 Å². The van der Waals surface area contributed by atoms with Crippen LogP contribution in [0.5, 0.6) is 0 Å². The van der Waals surface area contributed by atoms with Crippen molar-refractivity contribution in [2.45, 2.75) is 71.6 Å². The van der Waals surface area contributed by atoms with Gasteiger partial charge in [0.15, 0.2) is 0 Å². The third kappa shape index (κ3) is 10.1. The van der Waals surface area contributed by atoms with Gasteiger partial charge in [-0.2, -0.15) is 8.42 Å². The predicted molar refractivity (Wildman–Crippen MR) is 165 cm³/mol. The molecule has 0 spiro atoms. The molecule has 1 fully saturated rings. The monoisotopic (exact) mass is 582 g/mol. The number of allylic oxidation sites excluding steroid dienone is 1. The molecule has 0 saturated heterocycles. The number of hydrogen-bond donors (Lipinski definition) is 3. The van der Waals surface area contributed by atoms with Crippen LogP contribution in [0.25, 0.3) is 0 Å². The van der Waals surface area contributed by atoms with Crippen molar-refractivity contribution < 1.29 is 22.6 Å². The molecular formula is C33H46N2O5S. The van der Waals surface area contributed by atoms with Gasteiger partial charge in [0.1, 0.15) is 0 Å². The Labute approximate surface area is 246 Å². The van der Waals surface area contributed by atoms with E-state index in [1.807, 2.05) is 24.3 Å². The molecule has 8 heteroatoms. The van der Waals surface area contributed by atoms with Crippen LogP contribution >= 0.6 is 0 Å². The highest BCUT2D eigenvalue weighted by Crippen LogP contribution is 2.36. The molecule has 2 aromatic rings. The summed E-state index contributed by atoms with van der Waals surface area (Å²) in [6.45, 7) is 15.6. The van der Waals surface area contributed by atoms with Crippen LogP contribution in [-0.4, -0.2) is 43.6 Å². The molecule has 3 rings (SSSR count). The van der Waals surface area contributed by atoms with Gasteiger partial charge in [-0.3, -0.25) is 14.1 Å². The third-order valence-electron chi connectivity index (χ3n) is 8.09. The van der Waals surface area contributed by atoms with Gasteiger partial charge in [-0.15, -0.1) is 0 Å². The van der Waals surface area contributed by atoms with Gasteiger partial charge in [-0.05, 0) is 77.7 Å². The molecule has 2 aromatic carbocycles. The van der Waals surface area contributed by atoms with Crippen molar-refractivity contribution in [1.82, 2.24) is 10.6 Å². The lowest BCUT2D eigenvalue weighted by molar-refractivity contribution is -0.122. The summed E-state index contributed by atoms with van der Waals surface area (Å²) in [6.07, 6.45) is 3.74. The summed E-state index contributed by atoms with van der Waals surface area (Å²) >= 11 is 0. The maximum atomic E-state index is 13.7. The zero-order valence-corrected chi connectivity index (χ0v) is 25.9. The smallest absolute Gasteiger partial charge is 0.266 e. The van der Waals surface area contributed by atoms with Gasteiger partial charge in [0.2, 0.25) is 5.91 Å². The quantitative estimate of drug-likeness (QED) is 0.233. The molecule has 4 atom stereocenters. The van der Waals surface area contributed by atoms with E-state index >= 15 is 0 Å². The van der Waals surface area contributed by atoms with Gasteiger partial charge in [-0.1, -0.05) is 83.2 Å². The summed E-state index contributed by atoms with van der Waals surface area (Å²) in [5.41, 5.74) is 4.73. The number of nitrogens with one attached hydrogen (secondary N) is 2. The molecular weight excluding hydrogens is 536 g/mol. The highest BCUT2D eigenvalue weighted by Gasteiger charge is 2.28. The van der Waals surface area contributed by atoms with Crippen molar-refractivity contribution in [3.63, 3.8) is 0 Å². The Balaban J connectivity index is 1.73. The molecule has 0 aliphatic heterocycles. The average molecular weight is 583 g/mol. The van der Waals surface area contributed by atoms with Crippen LogP contribution in [0, 0.1) is 17.8 Å². The minimum atomic E-state index is -4.15. The molecule has 0 heterocycles. The summed E-state index contributed by atoms with van der Waals surface area (Å²) in [4.78, 5) is 26.0. The topological polar surface area (TPSA) is 113 Å². The van der Waals surface area contributed by atoms with Crippen molar-refractivity contribution in [2.75, 3.05) is 18.8 Å². The first kappa shape index (κ1) is 32.5. The van der Waals surface area contributed by atoms with E-state index in [1.165, 1.54) is 11.1 Å². The minimum absolute atomic E-state index is 0.00459. The molecule has 0 aromatic heterocycles. The number of carbonyl (C=O) groups is 2. The number of hydrogen-bond acceptors (Lipinski definition) is 4. The third-order valence-corrected chi connectivity index (χ3v) is 8.81. The second-order valence-electron chi connectivity index (χ2n) is 12.8. The molecule has 7 nitrogen and oxygen atoms in total. The van der Waals surface area contributed by atoms with Crippen molar-refractivity contribution in [3.8, 4) is 0 Å². The summed E-state index contributed by atoms with van der Waals surface area (Å²) in [6, 6.07) is 15.2. The molecule has 1 aliphatic carbocycles. The Hall–Kier alpha value is -2.97. The maximum absolute atomic E-state index is 13.7. The zero-order valence-electron chi connectivity index (χ0n) is 25.1. The Bertz CT molecular complexity index is 1310. The van der Waals surface area contributed by atoms with Gasteiger partial charge < -0.3 is 10.6 Å². The Kier molecular flexibility index (Phi) is 11.0. The van der Waals surface area contributed by atoms with Crippen LogP contribution in [0.3, 0.4) is 0 Å². The Morgan fingerprint density at radius 2 is 1.66 bits per heavy atom. The molecule has 3 N–H and O–H groups in total. The SMILES string of the molecule is C=C1CC(C)CC(C(C)CNC(=O)C(Cc2ccc(C(=O)NCCS(=O)(=O)O)cc2)c2ccc(C(C)(C)C)cc2)C1. The van der Waals surface area contributed by atoms with Gasteiger partial charge >= 0.3 is 0 Å². The van der Waals surface area contributed by atoms with E-state index in [2.05, 4.69) is 64.0 Å². The van der Waals surface area contributed by atoms with Crippen LogP contribution in [0.15, 0.2) is 60.7 Å². The largest absolute Gasteiger partial charge is 0.355 e. The number of benzene rings is 2. The summed E-state index contributed by atoms with van der Waals surface area (Å²) in [5.74, 6) is 0.103. The van der Waals surface area contributed by atoms with Gasteiger partial charge in [-0.25, -0.2) is 0 Å². The molecule has 224 valence electrons. The van der Waals surface area contributed by atoms with Crippen LogP contribution in [0.1, 0.15) is 86.8 Å². The van der Waals surface area contributed by atoms with Crippen LogP contribution in [0.4, 0.5) is 0 Å².